The van der Waals surface area contributed by atoms with Crippen LogP contribution in [0.15, 0.2) is 23.0 Å². The highest BCUT2D eigenvalue weighted by atomic mass is 35.5. The minimum atomic E-state index is -1.16. The molecule has 2 aromatic rings. The van der Waals surface area contributed by atoms with Gasteiger partial charge in [-0.1, -0.05) is 16.8 Å². The Morgan fingerprint density at radius 2 is 2.33 bits per heavy atom. The van der Waals surface area contributed by atoms with Gasteiger partial charge in [0.05, 0.1) is 5.02 Å². The number of aromatic carboxylic acids is 1. The number of hydrogen-bond acceptors (Lipinski definition) is 6. The quantitative estimate of drug-likeness (QED) is 0.846. The summed E-state index contributed by atoms with van der Waals surface area (Å²) in [4.78, 5) is 18.6. The molecule has 0 aromatic carbocycles. The van der Waals surface area contributed by atoms with Crippen molar-refractivity contribution in [2.24, 2.45) is 0 Å². The Kier molecular flexibility index (Phi) is 3.73. The molecule has 2 N–H and O–H groups in total. The molecule has 94 valence electrons. The third-order valence-corrected chi connectivity index (χ3v) is 2.42. The summed E-state index contributed by atoms with van der Waals surface area (Å²) in [6.07, 6.45) is 1.79. The second-order valence-corrected chi connectivity index (χ2v) is 3.76. The highest BCUT2D eigenvalue weighted by Gasteiger charge is 2.11. The number of halogens is 1. The zero-order chi connectivity index (χ0) is 13.0. The number of carboxylic acids is 1. The third kappa shape index (κ3) is 2.95. The molecule has 0 fully saturated rings. The average Bonchev–Trinajstić information content (AvgIpc) is 2.84. The molecule has 0 aliphatic heterocycles. The molecule has 0 aliphatic rings. The lowest BCUT2D eigenvalue weighted by Crippen LogP contribution is -2.09. The lowest BCUT2D eigenvalue weighted by molar-refractivity contribution is 0.0691. The van der Waals surface area contributed by atoms with Gasteiger partial charge < -0.3 is 14.9 Å². The van der Waals surface area contributed by atoms with Crippen molar-refractivity contribution in [3.05, 3.63) is 35.1 Å². The Morgan fingerprint density at radius 1 is 1.50 bits per heavy atom. The Hall–Kier alpha value is -2.15. The summed E-state index contributed by atoms with van der Waals surface area (Å²) in [6, 6.07) is 3.08. The van der Waals surface area contributed by atoms with Crippen LogP contribution in [0, 0.1) is 0 Å². The fourth-order valence-electron chi connectivity index (χ4n) is 1.30. The predicted molar refractivity (Wildman–Crippen MR) is 62.7 cm³/mol. The van der Waals surface area contributed by atoms with Crippen LogP contribution in [0.3, 0.4) is 0 Å². The van der Waals surface area contributed by atoms with Gasteiger partial charge >= 0.3 is 5.97 Å². The van der Waals surface area contributed by atoms with Crippen molar-refractivity contribution in [1.29, 1.82) is 0 Å². The van der Waals surface area contributed by atoms with Crippen molar-refractivity contribution in [1.82, 2.24) is 15.1 Å². The van der Waals surface area contributed by atoms with Gasteiger partial charge in [-0.2, -0.15) is 4.98 Å². The summed E-state index contributed by atoms with van der Waals surface area (Å²) < 4.78 is 4.58. The number of pyridine rings is 1. The minimum Gasteiger partial charge on any atom is -0.476 e. The standard InChI is InChI=1S/C10H9ClN4O3/c11-6-1-2-7(14-9(6)10(16)17)12-4-3-8-13-5-18-15-8/h1-2,5H,3-4H2,(H,12,14)(H,16,17). The Balaban J connectivity index is 1.97. The van der Waals surface area contributed by atoms with E-state index in [0.29, 0.717) is 24.6 Å². The maximum Gasteiger partial charge on any atom is 0.356 e. The molecular weight excluding hydrogens is 260 g/mol. The van der Waals surface area contributed by atoms with E-state index in [1.165, 1.54) is 12.5 Å². The highest BCUT2D eigenvalue weighted by Crippen LogP contribution is 2.16. The number of aromatic nitrogens is 3. The Labute approximate surface area is 107 Å². The molecule has 18 heavy (non-hydrogen) atoms. The third-order valence-electron chi connectivity index (χ3n) is 2.11. The van der Waals surface area contributed by atoms with Crippen LogP contribution in [0.5, 0.6) is 0 Å². The van der Waals surface area contributed by atoms with E-state index in [0.717, 1.165) is 0 Å². The van der Waals surface area contributed by atoms with Crippen molar-refractivity contribution in [2.75, 3.05) is 11.9 Å². The van der Waals surface area contributed by atoms with E-state index in [1.807, 2.05) is 0 Å². The number of anilines is 1. The topological polar surface area (TPSA) is 101 Å². The van der Waals surface area contributed by atoms with Crippen LogP contribution in [0.25, 0.3) is 0 Å². The Bertz CT molecular complexity index is 544. The molecule has 2 aromatic heterocycles. The average molecular weight is 269 g/mol. The molecule has 2 heterocycles. The first kappa shape index (κ1) is 12.3. The van der Waals surface area contributed by atoms with Gasteiger partial charge in [-0.15, -0.1) is 0 Å². The van der Waals surface area contributed by atoms with Crippen LogP contribution in [0.4, 0.5) is 5.82 Å². The number of carbonyl (C=O) groups is 1. The van der Waals surface area contributed by atoms with Crippen LogP contribution in [0.2, 0.25) is 5.02 Å². The first-order valence-corrected chi connectivity index (χ1v) is 5.43. The van der Waals surface area contributed by atoms with Gasteiger partial charge in [-0.25, -0.2) is 9.78 Å². The summed E-state index contributed by atoms with van der Waals surface area (Å²) in [7, 11) is 0. The number of nitrogens with zero attached hydrogens (tertiary/aromatic N) is 3. The molecule has 0 aliphatic carbocycles. The van der Waals surface area contributed by atoms with E-state index in [2.05, 4.69) is 25.0 Å². The normalized spacial score (nSPS) is 10.3. The van der Waals surface area contributed by atoms with Crippen LogP contribution in [-0.2, 0) is 6.42 Å². The highest BCUT2D eigenvalue weighted by molar-refractivity contribution is 6.33. The molecule has 8 heteroatoms. The molecule has 2 rings (SSSR count). The number of hydrogen-bond donors (Lipinski definition) is 2. The summed E-state index contributed by atoms with van der Waals surface area (Å²) in [5.41, 5.74) is -0.179. The molecule has 0 saturated carbocycles. The lowest BCUT2D eigenvalue weighted by Gasteiger charge is -2.05. The van der Waals surface area contributed by atoms with Gasteiger partial charge in [0.15, 0.2) is 11.5 Å². The second-order valence-electron chi connectivity index (χ2n) is 3.36. The van der Waals surface area contributed by atoms with Gasteiger partial charge in [0.2, 0.25) is 6.39 Å². The van der Waals surface area contributed by atoms with Gasteiger partial charge in [0.25, 0.3) is 0 Å². The lowest BCUT2D eigenvalue weighted by atomic mass is 10.3. The van der Waals surface area contributed by atoms with Crippen LogP contribution in [-0.4, -0.2) is 32.7 Å². The van der Waals surface area contributed by atoms with Crippen LogP contribution in [0.1, 0.15) is 16.3 Å². The van der Waals surface area contributed by atoms with E-state index in [-0.39, 0.29) is 10.7 Å². The molecule has 0 unspecified atom stereocenters. The molecule has 0 saturated heterocycles. The molecule has 0 bridgehead atoms. The van der Waals surface area contributed by atoms with Crippen molar-refractivity contribution < 1.29 is 14.4 Å². The van der Waals surface area contributed by atoms with Crippen LogP contribution < -0.4 is 5.32 Å². The molecule has 0 amide bonds. The van der Waals surface area contributed by atoms with E-state index in [9.17, 15) is 4.79 Å². The van der Waals surface area contributed by atoms with E-state index < -0.39 is 5.97 Å². The maximum atomic E-state index is 10.8. The minimum absolute atomic E-state index is 0.103. The van der Waals surface area contributed by atoms with Gasteiger partial charge in [0, 0.05) is 13.0 Å². The number of nitrogens with one attached hydrogen (secondary N) is 1. The number of rotatable bonds is 5. The van der Waals surface area contributed by atoms with Crippen LogP contribution >= 0.6 is 11.6 Å². The zero-order valence-corrected chi connectivity index (χ0v) is 9.89. The SMILES string of the molecule is O=C(O)c1nc(NCCc2ncon2)ccc1Cl. The summed E-state index contributed by atoms with van der Waals surface area (Å²) >= 11 is 5.70. The van der Waals surface area contributed by atoms with Gasteiger partial charge in [0.1, 0.15) is 5.82 Å². The first-order valence-electron chi connectivity index (χ1n) is 5.06. The van der Waals surface area contributed by atoms with E-state index in [1.54, 1.807) is 6.07 Å². The van der Waals surface area contributed by atoms with Crippen molar-refractivity contribution in [2.45, 2.75) is 6.42 Å². The monoisotopic (exact) mass is 268 g/mol. The van der Waals surface area contributed by atoms with Gasteiger partial charge in [-0.3, -0.25) is 0 Å². The smallest absolute Gasteiger partial charge is 0.356 e. The van der Waals surface area contributed by atoms with Crippen molar-refractivity contribution >= 4 is 23.4 Å². The van der Waals surface area contributed by atoms with Gasteiger partial charge in [-0.05, 0) is 12.1 Å². The fraction of sp³-hybridized carbons (Fsp3) is 0.200. The summed E-state index contributed by atoms with van der Waals surface area (Å²) in [6.45, 7) is 0.507. The maximum absolute atomic E-state index is 10.8. The molecule has 0 radical (unpaired) electrons. The Morgan fingerprint density at radius 3 is 3.00 bits per heavy atom. The first-order chi connectivity index (χ1) is 8.66. The van der Waals surface area contributed by atoms with Crippen molar-refractivity contribution in [3.63, 3.8) is 0 Å². The molecule has 7 nitrogen and oxygen atoms in total. The number of carboxylic acid groups (broad SMARTS) is 1. The van der Waals surface area contributed by atoms with E-state index in [4.69, 9.17) is 16.7 Å². The fourth-order valence-corrected chi connectivity index (χ4v) is 1.48. The van der Waals surface area contributed by atoms with Crippen molar-refractivity contribution in [3.8, 4) is 0 Å². The molecule has 0 spiro atoms. The summed E-state index contributed by atoms with van der Waals surface area (Å²) in [5.74, 6) is -0.169. The zero-order valence-electron chi connectivity index (χ0n) is 9.13. The largest absolute Gasteiger partial charge is 0.476 e. The van der Waals surface area contributed by atoms with E-state index >= 15 is 0 Å². The predicted octanol–water partition coefficient (Wildman–Crippen LogP) is 1.47. The summed E-state index contributed by atoms with van der Waals surface area (Å²) in [5, 5.41) is 15.6. The second kappa shape index (κ2) is 5.46. The molecule has 0 atom stereocenters. The molecular formula is C10H9ClN4O3.